The van der Waals surface area contributed by atoms with Crippen molar-refractivity contribution >= 4 is 11.6 Å². The predicted octanol–water partition coefficient (Wildman–Crippen LogP) is 3.36. The Morgan fingerprint density at radius 2 is 1.81 bits per heavy atom. The van der Waals surface area contributed by atoms with Gasteiger partial charge in [-0.05, 0) is 37.1 Å². The van der Waals surface area contributed by atoms with E-state index in [9.17, 15) is 4.79 Å². The highest BCUT2D eigenvalue weighted by Gasteiger charge is 2.21. The molecule has 0 bridgehead atoms. The van der Waals surface area contributed by atoms with Crippen molar-refractivity contribution in [2.24, 2.45) is 0 Å². The van der Waals surface area contributed by atoms with Crippen LogP contribution in [0.3, 0.4) is 0 Å². The van der Waals surface area contributed by atoms with E-state index in [1.807, 2.05) is 49.4 Å². The molecule has 1 amide bonds. The zero-order valence-corrected chi connectivity index (χ0v) is 18.2. The van der Waals surface area contributed by atoms with Gasteiger partial charge in [-0.1, -0.05) is 42.8 Å². The minimum Gasteiger partial charge on any atom is -0.419 e. The lowest BCUT2D eigenvalue weighted by Gasteiger charge is -2.33. The Labute approximate surface area is 183 Å². The monoisotopic (exact) mass is 419 g/mol. The number of carbonyl (C=O) groups excluding carboxylic acids is 1. The Morgan fingerprint density at radius 3 is 2.58 bits per heavy atom. The molecule has 0 spiro atoms. The van der Waals surface area contributed by atoms with Crippen molar-refractivity contribution in [3.8, 4) is 11.5 Å². The average molecular weight is 420 g/mol. The van der Waals surface area contributed by atoms with Crippen LogP contribution in [-0.2, 0) is 17.8 Å². The number of para-hydroxylation sites is 1. The molecule has 2 heterocycles. The highest BCUT2D eigenvalue weighted by atomic mass is 16.4. The van der Waals surface area contributed by atoms with Crippen LogP contribution in [0.4, 0.5) is 5.69 Å². The zero-order valence-electron chi connectivity index (χ0n) is 18.2. The summed E-state index contributed by atoms with van der Waals surface area (Å²) in [5.41, 5.74) is 4.18. The molecule has 1 aromatic heterocycles. The number of benzene rings is 2. The molecule has 7 heteroatoms. The van der Waals surface area contributed by atoms with Crippen LogP contribution in [0.15, 0.2) is 52.9 Å². The molecule has 1 aliphatic heterocycles. The van der Waals surface area contributed by atoms with E-state index in [1.54, 1.807) is 0 Å². The first-order valence-electron chi connectivity index (χ1n) is 10.8. The van der Waals surface area contributed by atoms with Crippen LogP contribution in [0, 0.1) is 6.92 Å². The summed E-state index contributed by atoms with van der Waals surface area (Å²) < 4.78 is 5.87. The first-order chi connectivity index (χ1) is 15.1. The minimum absolute atomic E-state index is 0.0362. The molecule has 3 aromatic rings. The summed E-state index contributed by atoms with van der Waals surface area (Å²) in [6, 6.07) is 16.0. The van der Waals surface area contributed by atoms with Crippen LogP contribution in [0.2, 0.25) is 0 Å². The second-order valence-corrected chi connectivity index (χ2v) is 7.98. The number of amides is 1. The van der Waals surface area contributed by atoms with Crippen LogP contribution in [0.1, 0.15) is 23.9 Å². The summed E-state index contributed by atoms with van der Waals surface area (Å²) in [6.07, 6.45) is 0.899. The molecule has 1 fully saturated rings. The number of nitrogens with one attached hydrogen (secondary N) is 1. The number of aromatic nitrogens is 2. The van der Waals surface area contributed by atoms with E-state index >= 15 is 0 Å². The summed E-state index contributed by atoms with van der Waals surface area (Å²) in [4.78, 5) is 17.0. The number of carbonyl (C=O) groups is 1. The Kier molecular flexibility index (Phi) is 6.74. The van der Waals surface area contributed by atoms with E-state index in [1.165, 1.54) is 0 Å². The summed E-state index contributed by atoms with van der Waals surface area (Å²) in [6.45, 7) is 8.57. The number of aryl methyl sites for hydroxylation is 2. The van der Waals surface area contributed by atoms with Crippen LogP contribution in [0.25, 0.3) is 11.5 Å². The fraction of sp³-hybridized carbons (Fsp3) is 0.375. The van der Waals surface area contributed by atoms with Gasteiger partial charge in [-0.25, -0.2) is 0 Å². The predicted molar refractivity (Wildman–Crippen MR) is 121 cm³/mol. The number of piperazine rings is 1. The third-order valence-electron chi connectivity index (χ3n) is 5.60. The standard InChI is InChI=1S/C24H29N5O2/c1-3-19-8-4-5-10-21(19)25-22(30)16-28-11-13-29(14-12-28)17-23-26-27-24(31-23)20-9-6-7-18(2)15-20/h4-10,15H,3,11-14,16-17H2,1-2H3,(H,25,30). The van der Waals surface area contributed by atoms with Gasteiger partial charge >= 0.3 is 0 Å². The van der Waals surface area contributed by atoms with Crippen LogP contribution in [-0.4, -0.2) is 58.6 Å². The Hall–Kier alpha value is -3.03. The van der Waals surface area contributed by atoms with Crippen molar-refractivity contribution in [1.29, 1.82) is 0 Å². The highest BCUT2D eigenvalue weighted by Crippen LogP contribution is 2.20. The third-order valence-corrected chi connectivity index (χ3v) is 5.60. The molecule has 0 radical (unpaired) electrons. The summed E-state index contributed by atoms with van der Waals surface area (Å²) in [5.74, 6) is 1.22. The maximum atomic E-state index is 12.5. The molecule has 1 aliphatic rings. The van der Waals surface area contributed by atoms with Gasteiger partial charge in [-0.15, -0.1) is 10.2 Å². The summed E-state index contributed by atoms with van der Waals surface area (Å²) in [7, 11) is 0. The zero-order chi connectivity index (χ0) is 21.6. The van der Waals surface area contributed by atoms with E-state index in [-0.39, 0.29) is 5.91 Å². The quantitative estimate of drug-likeness (QED) is 0.633. The molecule has 4 rings (SSSR count). The maximum Gasteiger partial charge on any atom is 0.247 e. The van der Waals surface area contributed by atoms with E-state index < -0.39 is 0 Å². The van der Waals surface area contributed by atoms with Crippen molar-refractivity contribution in [3.63, 3.8) is 0 Å². The van der Waals surface area contributed by atoms with Gasteiger partial charge in [-0.2, -0.15) is 0 Å². The smallest absolute Gasteiger partial charge is 0.247 e. The molecular weight excluding hydrogens is 390 g/mol. The third kappa shape index (κ3) is 5.57. The molecular formula is C24H29N5O2. The van der Waals surface area contributed by atoms with Crippen LogP contribution < -0.4 is 5.32 Å². The molecule has 0 atom stereocenters. The van der Waals surface area contributed by atoms with Gasteiger partial charge in [-0.3, -0.25) is 14.6 Å². The molecule has 31 heavy (non-hydrogen) atoms. The molecule has 1 saturated heterocycles. The first-order valence-corrected chi connectivity index (χ1v) is 10.8. The molecule has 2 aromatic carbocycles. The van der Waals surface area contributed by atoms with Crippen molar-refractivity contribution in [3.05, 3.63) is 65.5 Å². The van der Waals surface area contributed by atoms with Gasteiger partial charge < -0.3 is 9.73 Å². The Bertz CT molecular complexity index is 1020. The van der Waals surface area contributed by atoms with Crippen molar-refractivity contribution in [1.82, 2.24) is 20.0 Å². The van der Waals surface area contributed by atoms with Gasteiger partial charge in [0, 0.05) is 37.4 Å². The lowest BCUT2D eigenvalue weighted by Crippen LogP contribution is -2.48. The Morgan fingerprint density at radius 1 is 1.03 bits per heavy atom. The summed E-state index contributed by atoms with van der Waals surface area (Å²) >= 11 is 0. The van der Waals surface area contributed by atoms with Gasteiger partial charge in [0.25, 0.3) is 0 Å². The SMILES string of the molecule is CCc1ccccc1NC(=O)CN1CCN(Cc2nnc(-c3cccc(C)c3)o2)CC1. The lowest BCUT2D eigenvalue weighted by atomic mass is 10.1. The van der Waals surface area contributed by atoms with Crippen molar-refractivity contribution in [2.45, 2.75) is 26.8 Å². The second-order valence-electron chi connectivity index (χ2n) is 7.98. The topological polar surface area (TPSA) is 74.5 Å². The van der Waals surface area contributed by atoms with E-state index in [0.29, 0.717) is 24.9 Å². The average Bonchev–Trinajstić information content (AvgIpc) is 3.24. The number of hydrogen-bond donors (Lipinski definition) is 1. The largest absolute Gasteiger partial charge is 0.419 e. The molecule has 7 nitrogen and oxygen atoms in total. The molecule has 1 N–H and O–H groups in total. The molecule has 0 saturated carbocycles. The van der Waals surface area contributed by atoms with Gasteiger partial charge in [0.1, 0.15) is 0 Å². The normalized spacial score (nSPS) is 15.2. The lowest BCUT2D eigenvalue weighted by molar-refractivity contribution is -0.117. The van der Waals surface area contributed by atoms with Gasteiger partial charge in [0.05, 0.1) is 13.1 Å². The Balaban J connectivity index is 1.25. The number of nitrogens with zero attached hydrogens (tertiary/aromatic N) is 4. The minimum atomic E-state index is 0.0362. The first kappa shape index (κ1) is 21.2. The number of hydrogen-bond acceptors (Lipinski definition) is 6. The van der Waals surface area contributed by atoms with Crippen molar-refractivity contribution < 1.29 is 9.21 Å². The van der Waals surface area contributed by atoms with Crippen molar-refractivity contribution in [2.75, 3.05) is 38.0 Å². The van der Waals surface area contributed by atoms with E-state index in [4.69, 9.17) is 4.42 Å². The number of rotatable bonds is 7. The maximum absolute atomic E-state index is 12.5. The highest BCUT2D eigenvalue weighted by molar-refractivity contribution is 5.93. The van der Waals surface area contributed by atoms with Crippen LogP contribution >= 0.6 is 0 Å². The van der Waals surface area contributed by atoms with Gasteiger partial charge in [0.15, 0.2) is 0 Å². The molecule has 162 valence electrons. The van der Waals surface area contributed by atoms with Gasteiger partial charge in [0.2, 0.25) is 17.7 Å². The van der Waals surface area contributed by atoms with E-state index in [0.717, 1.165) is 55.0 Å². The van der Waals surface area contributed by atoms with E-state index in [2.05, 4.69) is 38.3 Å². The number of anilines is 1. The molecule has 0 aliphatic carbocycles. The molecule has 0 unspecified atom stereocenters. The van der Waals surface area contributed by atoms with Crippen LogP contribution in [0.5, 0.6) is 0 Å². The fourth-order valence-corrected chi connectivity index (χ4v) is 3.85. The fourth-order valence-electron chi connectivity index (χ4n) is 3.85. The second kappa shape index (κ2) is 9.85. The summed E-state index contributed by atoms with van der Waals surface area (Å²) in [5, 5.41) is 11.5.